The Morgan fingerprint density at radius 3 is 2.79 bits per heavy atom. The minimum atomic E-state index is -3.23. The highest BCUT2D eigenvalue weighted by molar-refractivity contribution is 7.92. The molecule has 1 aromatic rings. The summed E-state index contributed by atoms with van der Waals surface area (Å²) in [6.07, 6.45) is 10.0. The predicted octanol–water partition coefficient (Wildman–Crippen LogP) is 3.05. The third-order valence-corrected chi connectivity index (χ3v) is 5.24. The van der Waals surface area contributed by atoms with Crippen LogP contribution in [0.4, 0.5) is 5.69 Å². The van der Waals surface area contributed by atoms with Gasteiger partial charge in [-0.25, -0.2) is 8.42 Å². The van der Waals surface area contributed by atoms with E-state index in [4.69, 9.17) is 0 Å². The van der Waals surface area contributed by atoms with Crippen LogP contribution in [0.2, 0.25) is 0 Å². The van der Waals surface area contributed by atoms with Crippen LogP contribution in [-0.4, -0.2) is 20.7 Å². The van der Waals surface area contributed by atoms with Gasteiger partial charge in [0.1, 0.15) is 0 Å². The largest absolute Gasteiger partial charge is 0.263 e. The smallest absolute Gasteiger partial charge is 0.232 e. The topological polar surface area (TPSA) is 37.4 Å². The number of nitrogens with zero attached hydrogens (tertiary/aromatic N) is 1. The van der Waals surface area contributed by atoms with E-state index in [1.54, 1.807) is 4.31 Å². The summed E-state index contributed by atoms with van der Waals surface area (Å²) < 4.78 is 25.9. The van der Waals surface area contributed by atoms with Gasteiger partial charge in [-0.15, -0.1) is 0 Å². The summed E-state index contributed by atoms with van der Waals surface area (Å²) in [6, 6.07) is 7.89. The molecule has 1 aliphatic heterocycles. The summed E-state index contributed by atoms with van der Waals surface area (Å²) in [5, 5.41) is 0. The lowest BCUT2D eigenvalue weighted by molar-refractivity contribution is 0.533. The molecule has 0 saturated heterocycles. The van der Waals surface area contributed by atoms with Crippen molar-refractivity contribution in [3.8, 4) is 0 Å². The van der Waals surface area contributed by atoms with Gasteiger partial charge >= 0.3 is 0 Å². The number of rotatable bonds is 1. The van der Waals surface area contributed by atoms with Crippen LogP contribution < -0.4 is 4.31 Å². The number of benzene rings is 1. The molecule has 1 heterocycles. The van der Waals surface area contributed by atoms with Gasteiger partial charge in [-0.1, -0.05) is 36.8 Å². The van der Waals surface area contributed by atoms with Crippen molar-refractivity contribution >= 4 is 15.7 Å². The summed E-state index contributed by atoms with van der Waals surface area (Å²) in [5.74, 6) is 0.308. The molecule has 0 radical (unpaired) electrons. The second kappa shape index (κ2) is 4.67. The van der Waals surface area contributed by atoms with Gasteiger partial charge in [0.25, 0.3) is 0 Å². The Balaban J connectivity index is 2.15. The second-order valence-electron chi connectivity index (χ2n) is 5.43. The summed E-state index contributed by atoms with van der Waals surface area (Å²) >= 11 is 0. The highest BCUT2D eigenvalue weighted by Crippen LogP contribution is 2.45. The van der Waals surface area contributed by atoms with Gasteiger partial charge in [-0.2, -0.15) is 0 Å². The first-order valence-electron chi connectivity index (χ1n) is 6.84. The lowest BCUT2D eigenvalue weighted by Gasteiger charge is -2.27. The normalized spacial score (nSPS) is 28.2. The van der Waals surface area contributed by atoms with Crippen molar-refractivity contribution in [3.05, 3.63) is 42.0 Å². The van der Waals surface area contributed by atoms with Gasteiger partial charge in [0, 0.05) is 5.92 Å². The van der Waals surface area contributed by atoms with Gasteiger partial charge in [-0.3, -0.25) is 4.31 Å². The molecular formula is C15H19NO2S. The van der Waals surface area contributed by atoms with E-state index in [0.29, 0.717) is 5.92 Å². The molecule has 4 heteroatoms. The molecule has 0 amide bonds. The average molecular weight is 277 g/mol. The number of fused-ring (bicyclic) bond motifs is 3. The zero-order valence-corrected chi connectivity index (χ0v) is 11.9. The van der Waals surface area contributed by atoms with Crippen LogP contribution >= 0.6 is 0 Å². The SMILES string of the molecule is CS(=O)(=O)N1c2ccccc2C2CCCC/C=C\C21. The fourth-order valence-corrected chi connectivity index (χ4v) is 4.49. The number of allylic oxidation sites excluding steroid dienone is 1. The Labute approximate surface area is 115 Å². The summed E-state index contributed by atoms with van der Waals surface area (Å²) in [5.41, 5.74) is 2.05. The molecule has 0 fully saturated rings. The van der Waals surface area contributed by atoms with Crippen molar-refractivity contribution in [2.75, 3.05) is 10.6 Å². The molecule has 1 aliphatic carbocycles. The molecule has 3 rings (SSSR count). The third kappa shape index (κ3) is 2.18. The zero-order valence-electron chi connectivity index (χ0n) is 11.1. The van der Waals surface area contributed by atoms with Gasteiger partial charge < -0.3 is 0 Å². The molecule has 2 aliphatic rings. The van der Waals surface area contributed by atoms with Crippen molar-refractivity contribution in [2.24, 2.45) is 0 Å². The van der Waals surface area contributed by atoms with Crippen LogP contribution in [0.1, 0.15) is 37.2 Å². The van der Waals surface area contributed by atoms with Crippen molar-refractivity contribution < 1.29 is 8.42 Å². The monoisotopic (exact) mass is 277 g/mol. The van der Waals surface area contributed by atoms with E-state index in [-0.39, 0.29) is 6.04 Å². The molecule has 2 atom stereocenters. The molecule has 0 N–H and O–H groups in total. The van der Waals surface area contributed by atoms with Crippen LogP contribution in [-0.2, 0) is 10.0 Å². The third-order valence-electron chi connectivity index (χ3n) is 4.08. The Kier molecular flexibility index (Phi) is 3.13. The molecule has 0 aromatic heterocycles. The number of sulfonamides is 1. The second-order valence-corrected chi connectivity index (χ2v) is 7.29. The average Bonchev–Trinajstić information content (AvgIpc) is 2.62. The Bertz CT molecular complexity index is 606. The van der Waals surface area contributed by atoms with E-state index in [1.165, 1.54) is 18.2 Å². The molecular weight excluding hydrogens is 258 g/mol. The number of hydrogen-bond donors (Lipinski definition) is 0. The first-order valence-corrected chi connectivity index (χ1v) is 8.69. The van der Waals surface area contributed by atoms with E-state index >= 15 is 0 Å². The lowest BCUT2D eigenvalue weighted by Crippen LogP contribution is -2.37. The standard InChI is InChI=1S/C15H19NO2S/c1-19(17,18)16-14-10-5-3-2-4-8-12(14)13-9-6-7-11-15(13)16/h5-7,9-12,14H,2-4,8H2,1H3/b10-5-. The fourth-order valence-electron chi connectivity index (χ4n) is 3.31. The molecule has 0 bridgehead atoms. The van der Waals surface area contributed by atoms with Gasteiger partial charge in [-0.05, 0) is 30.9 Å². The van der Waals surface area contributed by atoms with Crippen LogP contribution in [0.3, 0.4) is 0 Å². The number of hydrogen-bond acceptors (Lipinski definition) is 2. The van der Waals surface area contributed by atoms with E-state index in [9.17, 15) is 8.42 Å². The minimum Gasteiger partial charge on any atom is -0.263 e. The van der Waals surface area contributed by atoms with E-state index in [0.717, 1.165) is 24.9 Å². The first-order chi connectivity index (χ1) is 9.09. The summed E-state index contributed by atoms with van der Waals surface area (Å²) in [7, 11) is -3.23. The maximum atomic E-state index is 12.1. The van der Waals surface area contributed by atoms with Crippen molar-refractivity contribution in [1.29, 1.82) is 0 Å². The zero-order chi connectivity index (χ0) is 13.5. The quantitative estimate of drug-likeness (QED) is 0.740. The van der Waals surface area contributed by atoms with Gasteiger partial charge in [0.15, 0.2) is 0 Å². The van der Waals surface area contributed by atoms with E-state index in [1.807, 2.05) is 18.2 Å². The molecule has 2 unspecified atom stereocenters. The molecule has 1 aromatic carbocycles. The number of anilines is 1. The Morgan fingerprint density at radius 2 is 2.00 bits per heavy atom. The molecule has 102 valence electrons. The predicted molar refractivity (Wildman–Crippen MR) is 77.9 cm³/mol. The van der Waals surface area contributed by atoms with Crippen LogP contribution in [0.15, 0.2) is 36.4 Å². The van der Waals surface area contributed by atoms with Crippen LogP contribution in [0, 0.1) is 0 Å². The highest BCUT2D eigenvalue weighted by atomic mass is 32.2. The number of para-hydroxylation sites is 1. The van der Waals surface area contributed by atoms with E-state index in [2.05, 4.69) is 18.2 Å². The Hall–Kier alpha value is -1.29. The van der Waals surface area contributed by atoms with Crippen molar-refractivity contribution in [3.63, 3.8) is 0 Å². The lowest BCUT2D eigenvalue weighted by atomic mass is 9.88. The summed E-state index contributed by atoms with van der Waals surface area (Å²) in [6.45, 7) is 0. The summed E-state index contributed by atoms with van der Waals surface area (Å²) in [4.78, 5) is 0. The maximum Gasteiger partial charge on any atom is 0.232 e. The van der Waals surface area contributed by atoms with Crippen LogP contribution in [0.5, 0.6) is 0 Å². The first kappa shape index (κ1) is 12.7. The molecule has 3 nitrogen and oxygen atoms in total. The minimum absolute atomic E-state index is 0.0345. The fraction of sp³-hybridized carbons (Fsp3) is 0.467. The van der Waals surface area contributed by atoms with Gasteiger partial charge in [0.2, 0.25) is 10.0 Å². The molecule has 0 spiro atoms. The van der Waals surface area contributed by atoms with E-state index < -0.39 is 10.0 Å². The molecule has 19 heavy (non-hydrogen) atoms. The highest BCUT2D eigenvalue weighted by Gasteiger charge is 2.40. The van der Waals surface area contributed by atoms with Crippen molar-refractivity contribution in [1.82, 2.24) is 0 Å². The van der Waals surface area contributed by atoms with Crippen LogP contribution in [0.25, 0.3) is 0 Å². The maximum absolute atomic E-state index is 12.1. The molecule has 0 saturated carbocycles. The Morgan fingerprint density at radius 1 is 1.21 bits per heavy atom. The van der Waals surface area contributed by atoms with Crippen molar-refractivity contribution in [2.45, 2.75) is 37.6 Å². The van der Waals surface area contributed by atoms with Gasteiger partial charge in [0.05, 0.1) is 18.0 Å².